The van der Waals surface area contributed by atoms with Crippen LogP contribution in [-0.2, 0) is 11.3 Å². The summed E-state index contributed by atoms with van der Waals surface area (Å²) in [6, 6.07) is 23.5. The smallest absolute Gasteiger partial charge is 0.244 e. The molecule has 1 aromatic heterocycles. The molecule has 0 aliphatic heterocycles. The highest BCUT2D eigenvalue weighted by Gasteiger charge is 2.11. The number of rotatable bonds is 5. The second kappa shape index (κ2) is 8.32. The Labute approximate surface area is 175 Å². The standard InChI is InChI=1S/C23H17BrN2O3/c24-16-10-11-18-20(14-16)26(13-12-21(18)27)15-23(28)25-19-8-4-5-9-22(19)29-17-6-2-1-3-7-17/h1-14H,15H2,(H,25,28). The zero-order valence-electron chi connectivity index (χ0n) is 15.3. The second-order valence-corrected chi connectivity index (χ2v) is 7.34. The van der Waals surface area contributed by atoms with Crippen LogP contribution in [0, 0.1) is 0 Å². The van der Waals surface area contributed by atoms with Crippen LogP contribution in [0.3, 0.4) is 0 Å². The van der Waals surface area contributed by atoms with Crippen molar-refractivity contribution in [2.24, 2.45) is 0 Å². The summed E-state index contributed by atoms with van der Waals surface area (Å²) in [5.74, 6) is 1.02. The molecule has 1 heterocycles. The largest absolute Gasteiger partial charge is 0.455 e. The van der Waals surface area contributed by atoms with Gasteiger partial charge in [0.2, 0.25) is 5.91 Å². The van der Waals surface area contributed by atoms with E-state index in [1.807, 2.05) is 54.6 Å². The van der Waals surface area contributed by atoms with E-state index in [1.165, 1.54) is 6.07 Å². The SMILES string of the molecule is O=C(Cn1ccc(=O)c2ccc(Br)cc21)Nc1ccccc1Oc1ccccc1. The molecule has 4 aromatic rings. The molecule has 29 heavy (non-hydrogen) atoms. The molecule has 0 aliphatic rings. The Bertz CT molecular complexity index is 1240. The van der Waals surface area contributed by atoms with Gasteiger partial charge in [-0.1, -0.05) is 46.3 Å². The van der Waals surface area contributed by atoms with Crippen molar-refractivity contribution < 1.29 is 9.53 Å². The van der Waals surface area contributed by atoms with E-state index in [-0.39, 0.29) is 17.9 Å². The molecule has 1 amide bonds. The highest BCUT2D eigenvalue weighted by molar-refractivity contribution is 9.10. The van der Waals surface area contributed by atoms with E-state index in [0.717, 1.165) is 4.47 Å². The van der Waals surface area contributed by atoms with Gasteiger partial charge in [-0.15, -0.1) is 0 Å². The van der Waals surface area contributed by atoms with Gasteiger partial charge in [0.1, 0.15) is 12.3 Å². The quantitative estimate of drug-likeness (QED) is 0.456. The number of pyridine rings is 1. The predicted octanol–water partition coefficient (Wildman–Crippen LogP) is 5.20. The van der Waals surface area contributed by atoms with Gasteiger partial charge in [0, 0.05) is 22.1 Å². The fraction of sp³-hybridized carbons (Fsp3) is 0.0435. The molecule has 0 radical (unpaired) electrons. The minimum Gasteiger partial charge on any atom is -0.455 e. The second-order valence-electron chi connectivity index (χ2n) is 6.43. The van der Waals surface area contributed by atoms with E-state index in [1.54, 1.807) is 29.0 Å². The van der Waals surface area contributed by atoms with Crippen molar-refractivity contribution in [2.45, 2.75) is 6.54 Å². The van der Waals surface area contributed by atoms with Crippen molar-refractivity contribution in [3.8, 4) is 11.5 Å². The van der Waals surface area contributed by atoms with Crippen LogP contribution in [0.25, 0.3) is 10.9 Å². The molecule has 3 aromatic carbocycles. The van der Waals surface area contributed by atoms with Crippen molar-refractivity contribution in [1.82, 2.24) is 4.57 Å². The van der Waals surface area contributed by atoms with Crippen LogP contribution in [0.2, 0.25) is 0 Å². The Morgan fingerprint density at radius 3 is 2.55 bits per heavy atom. The van der Waals surface area contributed by atoms with Gasteiger partial charge < -0.3 is 14.6 Å². The number of hydrogen-bond donors (Lipinski definition) is 1. The van der Waals surface area contributed by atoms with Crippen LogP contribution in [0.1, 0.15) is 0 Å². The summed E-state index contributed by atoms with van der Waals surface area (Å²) in [5.41, 5.74) is 1.19. The van der Waals surface area contributed by atoms with Crippen LogP contribution in [0.4, 0.5) is 5.69 Å². The lowest BCUT2D eigenvalue weighted by molar-refractivity contribution is -0.116. The van der Waals surface area contributed by atoms with Crippen LogP contribution in [0.15, 0.2) is 94.3 Å². The first-order valence-corrected chi connectivity index (χ1v) is 9.80. The Morgan fingerprint density at radius 2 is 1.72 bits per heavy atom. The number of anilines is 1. The Hall–Kier alpha value is -3.38. The Kier molecular flexibility index (Phi) is 5.44. The molecule has 0 spiro atoms. The average molecular weight is 449 g/mol. The van der Waals surface area contributed by atoms with Gasteiger partial charge in [0.15, 0.2) is 11.2 Å². The molecule has 0 saturated carbocycles. The minimum absolute atomic E-state index is 0.0624. The van der Waals surface area contributed by atoms with Crippen molar-refractivity contribution in [3.05, 3.63) is 99.8 Å². The first-order chi connectivity index (χ1) is 14.1. The van der Waals surface area contributed by atoms with E-state index in [9.17, 15) is 9.59 Å². The van der Waals surface area contributed by atoms with Gasteiger partial charge in [-0.25, -0.2) is 0 Å². The van der Waals surface area contributed by atoms with Gasteiger partial charge in [-0.3, -0.25) is 9.59 Å². The zero-order valence-corrected chi connectivity index (χ0v) is 16.9. The lowest BCUT2D eigenvalue weighted by Crippen LogP contribution is -2.20. The first kappa shape index (κ1) is 19.0. The lowest BCUT2D eigenvalue weighted by atomic mass is 10.2. The highest BCUT2D eigenvalue weighted by atomic mass is 79.9. The molecule has 0 saturated heterocycles. The molecule has 0 atom stereocenters. The number of carbonyl (C=O) groups is 1. The number of halogens is 1. The topological polar surface area (TPSA) is 60.3 Å². The Morgan fingerprint density at radius 1 is 0.966 bits per heavy atom. The number of para-hydroxylation sites is 3. The normalized spacial score (nSPS) is 10.7. The highest BCUT2D eigenvalue weighted by Crippen LogP contribution is 2.29. The number of aromatic nitrogens is 1. The first-order valence-electron chi connectivity index (χ1n) is 9.01. The Balaban J connectivity index is 1.57. The van der Waals surface area contributed by atoms with Crippen LogP contribution in [-0.4, -0.2) is 10.5 Å². The maximum atomic E-state index is 12.7. The number of nitrogens with zero attached hydrogens (tertiary/aromatic N) is 1. The van der Waals surface area contributed by atoms with Gasteiger partial charge in [-0.05, 0) is 42.5 Å². The number of benzene rings is 3. The fourth-order valence-electron chi connectivity index (χ4n) is 3.04. The number of carbonyl (C=O) groups excluding carboxylic acids is 1. The summed E-state index contributed by atoms with van der Waals surface area (Å²) in [7, 11) is 0. The summed E-state index contributed by atoms with van der Waals surface area (Å²) in [4.78, 5) is 24.8. The number of nitrogens with one attached hydrogen (secondary N) is 1. The van der Waals surface area contributed by atoms with Crippen molar-refractivity contribution in [1.29, 1.82) is 0 Å². The molecule has 6 heteroatoms. The molecule has 4 rings (SSSR count). The third-order valence-electron chi connectivity index (χ3n) is 4.39. The minimum atomic E-state index is -0.223. The molecule has 0 fully saturated rings. The number of amides is 1. The van der Waals surface area contributed by atoms with E-state index in [4.69, 9.17) is 4.74 Å². The summed E-state index contributed by atoms with van der Waals surface area (Å²) in [6.07, 6.45) is 1.63. The molecular formula is C23H17BrN2O3. The summed E-state index contributed by atoms with van der Waals surface area (Å²) >= 11 is 3.42. The van der Waals surface area contributed by atoms with E-state index >= 15 is 0 Å². The number of hydrogen-bond acceptors (Lipinski definition) is 3. The fourth-order valence-corrected chi connectivity index (χ4v) is 3.38. The maximum Gasteiger partial charge on any atom is 0.244 e. The van der Waals surface area contributed by atoms with Crippen molar-refractivity contribution in [2.75, 3.05) is 5.32 Å². The van der Waals surface area contributed by atoms with E-state index < -0.39 is 0 Å². The summed E-state index contributed by atoms with van der Waals surface area (Å²) < 4.78 is 8.48. The third kappa shape index (κ3) is 4.38. The van der Waals surface area contributed by atoms with Crippen molar-refractivity contribution in [3.63, 3.8) is 0 Å². The molecule has 1 N–H and O–H groups in total. The van der Waals surface area contributed by atoms with Crippen molar-refractivity contribution >= 4 is 38.4 Å². The molecule has 0 bridgehead atoms. The van der Waals surface area contributed by atoms with Crippen LogP contribution < -0.4 is 15.5 Å². The maximum absolute atomic E-state index is 12.7. The van der Waals surface area contributed by atoms with Gasteiger partial charge >= 0.3 is 0 Å². The molecule has 0 aliphatic carbocycles. The number of fused-ring (bicyclic) bond motifs is 1. The molecule has 144 valence electrons. The molecular weight excluding hydrogens is 432 g/mol. The average Bonchev–Trinajstić information content (AvgIpc) is 2.72. The van der Waals surface area contributed by atoms with E-state index in [2.05, 4.69) is 21.2 Å². The predicted molar refractivity (Wildman–Crippen MR) is 117 cm³/mol. The van der Waals surface area contributed by atoms with Crippen LogP contribution in [0.5, 0.6) is 11.5 Å². The zero-order chi connectivity index (χ0) is 20.2. The monoisotopic (exact) mass is 448 g/mol. The van der Waals surface area contributed by atoms with Gasteiger partial charge in [-0.2, -0.15) is 0 Å². The molecule has 5 nitrogen and oxygen atoms in total. The summed E-state index contributed by atoms with van der Waals surface area (Å²) in [6.45, 7) is 0.0624. The third-order valence-corrected chi connectivity index (χ3v) is 4.88. The van der Waals surface area contributed by atoms with Gasteiger partial charge in [0.25, 0.3) is 0 Å². The van der Waals surface area contributed by atoms with E-state index in [0.29, 0.717) is 28.1 Å². The lowest BCUT2D eigenvalue weighted by Gasteiger charge is -2.14. The molecule has 0 unspecified atom stereocenters. The summed E-state index contributed by atoms with van der Waals surface area (Å²) in [5, 5.41) is 3.46. The van der Waals surface area contributed by atoms with Gasteiger partial charge in [0.05, 0.1) is 11.2 Å². The number of ether oxygens (including phenoxy) is 1. The van der Waals surface area contributed by atoms with Crippen LogP contribution >= 0.6 is 15.9 Å².